The Morgan fingerprint density at radius 3 is 2.20 bits per heavy atom. The van der Waals surface area contributed by atoms with Crippen molar-refractivity contribution in [3.05, 3.63) is 46.8 Å². The van der Waals surface area contributed by atoms with Crippen molar-refractivity contribution in [2.75, 3.05) is 0 Å². The van der Waals surface area contributed by atoms with Gasteiger partial charge in [0.1, 0.15) is 17.3 Å². The Kier molecular flexibility index (Phi) is 2.17. The van der Waals surface area contributed by atoms with E-state index in [4.69, 9.17) is 9.52 Å². The Bertz CT molecular complexity index is 525. The summed E-state index contributed by atoms with van der Waals surface area (Å²) in [6.07, 6.45) is 0. The van der Waals surface area contributed by atoms with Crippen molar-refractivity contribution < 1.29 is 14.6 Å². The van der Waals surface area contributed by atoms with E-state index in [-0.39, 0.29) is 17.3 Å². The van der Waals surface area contributed by atoms with Crippen LogP contribution in [0.4, 0.5) is 0 Å². The molecule has 0 saturated carbocycles. The van der Waals surface area contributed by atoms with Crippen LogP contribution in [-0.2, 0) is 0 Å². The zero-order chi connectivity index (χ0) is 10.8. The summed E-state index contributed by atoms with van der Waals surface area (Å²) >= 11 is 0. The van der Waals surface area contributed by atoms with Gasteiger partial charge in [-0.15, -0.1) is 0 Å². The molecule has 1 heterocycles. The molecule has 0 amide bonds. The van der Waals surface area contributed by atoms with Crippen LogP contribution >= 0.6 is 0 Å². The van der Waals surface area contributed by atoms with Gasteiger partial charge < -0.3 is 14.6 Å². The minimum absolute atomic E-state index is 0.126. The monoisotopic (exact) mass is 204 g/mol. The van der Waals surface area contributed by atoms with E-state index in [1.165, 1.54) is 18.2 Å². The first kappa shape index (κ1) is 9.33. The highest BCUT2D eigenvalue weighted by Gasteiger charge is 2.03. The van der Waals surface area contributed by atoms with Gasteiger partial charge in [-0.2, -0.15) is 0 Å². The number of phenols is 1. The molecule has 0 bridgehead atoms. The van der Waals surface area contributed by atoms with Crippen molar-refractivity contribution in [1.29, 1.82) is 0 Å². The molecule has 4 heteroatoms. The van der Waals surface area contributed by atoms with Crippen molar-refractivity contribution in [1.82, 2.24) is 0 Å². The first-order valence-corrected chi connectivity index (χ1v) is 4.29. The predicted molar refractivity (Wildman–Crippen MR) is 53.7 cm³/mol. The predicted octanol–water partition coefficient (Wildman–Crippen LogP) is 1.72. The number of benzene rings is 1. The molecule has 0 atom stereocenters. The van der Waals surface area contributed by atoms with E-state index >= 15 is 0 Å². The third-order valence-corrected chi connectivity index (χ3v) is 1.91. The smallest absolute Gasteiger partial charge is 0.339 e. The van der Waals surface area contributed by atoms with E-state index in [1.807, 2.05) is 0 Å². The van der Waals surface area contributed by atoms with Crippen molar-refractivity contribution in [2.24, 2.45) is 0 Å². The van der Waals surface area contributed by atoms with Crippen LogP contribution in [0.1, 0.15) is 0 Å². The molecule has 15 heavy (non-hydrogen) atoms. The molecule has 0 saturated heterocycles. The van der Waals surface area contributed by atoms with Crippen LogP contribution < -0.4 is 5.63 Å². The zero-order valence-electron chi connectivity index (χ0n) is 7.68. The van der Waals surface area contributed by atoms with Crippen LogP contribution in [0.2, 0.25) is 0 Å². The Morgan fingerprint density at radius 2 is 1.60 bits per heavy atom. The van der Waals surface area contributed by atoms with Gasteiger partial charge >= 0.3 is 5.63 Å². The van der Waals surface area contributed by atoms with Crippen LogP contribution in [0.25, 0.3) is 11.3 Å². The summed E-state index contributed by atoms with van der Waals surface area (Å²) in [6, 6.07) is 8.45. The van der Waals surface area contributed by atoms with Gasteiger partial charge in [-0.3, -0.25) is 0 Å². The van der Waals surface area contributed by atoms with Crippen molar-refractivity contribution in [3.63, 3.8) is 0 Å². The Hall–Kier alpha value is -2.23. The second-order valence-corrected chi connectivity index (χ2v) is 3.05. The molecule has 0 unspecified atom stereocenters. The lowest BCUT2D eigenvalue weighted by atomic mass is 10.1. The van der Waals surface area contributed by atoms with E-state index in [9.17, 15) is 9.90 Å². The molecule has 2 aromatic rings. The highest BCUT2D eigenvalue weighted by atomic mass is 16.4. The average molecular weight is 204 g/mol. The van der Waals surface area contributed by atoms with Gasteiger partial charge in [0.25, 0.3) is 0 Å². The molecular formula is C11H8O4. The van der Waals surface area contributed by atoms with E-state index in [0.29, 0.717) is 5.56 Å². The van der Waals surface area contributed by atoms with Crippen LogP contribution in [0.15, 0.2) is 45.6 Å². The molecule has 76 valence electrons. The van der Waals surface area contributed by atoms with Gasteiger partial charge in [-0.1, -0.05) is 0 Å². The fourth-order valence-electron chi connectivity index (χ4n) is 1.23. The van der Waals surface area contributed by atoms with Gasteiger partial charge in [0.2, 0.25) is 0 Å². The number of hydrogen-bond acceptors (Lipinski definition) is 4. The lowest BCUT2D eigenvalue weighted by molar-refractivity contribution is 0.452. The summed E-state index contributed by atoms with van der Waals surface area (Å²) in [4.78, 5) is 11.0. The molecule has 0 aliphatic carbocycles. The highest BCUT2D eigenvalue weighted by molar-refractivity contribution is 5.59. The number of aromatic hydroxyl groups is 2. The first-order valence-electron chi connectivity index (χ1n) is 4.29. The molecule has 1 aromatic heterocycles. The molecular weight excluding hydrogens is 196 g/mol. The SMILES string of the molecule is O=c1cc(O)cc(-c2ccc(O)cc2)o1. The molecule has 2 rings (SSSR count). The molecule has 0 radical (unpaired) electrons. The summed E-state index contributed by atoms with van der Waals surface area (Å²) in [5.74, 6) is 0.246. The quantitative estimate of drug-likeness (QED) is 0.741. The number of phenolic OH excluding ortho intramolecular Hbond substituents is 1. The molecule has 4 nitrogen and oxygen atoms in total. The van der Waals surface area contributed by atoms with E-state index in [0.717, 1.165) is 6.07 Å². The first-order chi connectivity index (χ1) is 7.15. The maximum Gasteiger partial charge on any atom is 0.339 e. The second kappa shape index (κ2) is 3.49. The van der Waals surface area contributed by atoms with Crippen molar-refractivity contribution in [3.8, 4) is 22.8 Å². The fourth-order valence-corrected chi connectivity index (χ4v) is 1.23. The van der Waals surface area contributed by atoms with E-state index < -0.39 is 5.63 Å². The van der Waals surface area contributed by atoms with E-state index in [1.54, 1.807) is 12.1 Å². The van der Waals surface area contributed by atoms with Crippen LogP contribution in [0.5, 0.6) is 11.5 Å². The maximum absolute atomic E-state index is 11.0. The van der Waals surface area contributed by atoms with Crippen LogP contribution in [-0.4, -0.2) is 10.2 Å². The average Bonchev–Trinajstić information content (AvgIpc) is 2.17. The van der Waals surface area contributed by atoms with Gasteiger partial charge in [0, 0.05) is 11.6 Å². The normalized spacial score (nSPS) is 10.1. The van der Waals surface area contributed by atoms with Gasteiger partial charge in [0.15, 0.2) is 0 Å². The molecule has 2 N–H and O–H groups in total. The highest BCUT2D eigenvalue weighted by Crippen LogP contribution is 2.23. The van der Waals surface area contributed by atoms with Crippen LogP contribution in [0, 0.1) is 0 Å². The molecule has 1 aromatic carbocycles. The Morgan fingerprint density at radius 1 is 0.933 bits per heavy atom. The maximum atomic E-state index is 11.0. The Balaban J connectivity index is 2.54. The summed E-state index contributed by atoms with van der Waals surface area (Å²) in [5.41, 5.74) is -0.00104. The standard InChI is InChI=1S/C11H8O4/c12-8-3-1-7(2-4-8)10-5-9(13)6-11(14)15-10/h1-6,12-13H. The van der Waals surface area contributed by atoms with Crippen molar-refractivity contribution in [2.45, 2.75) is 0 Å². The minimum atomic E-state index is -0.613. The molecule has 0 aliphatic rings. The van der Waals surface area contributed by atoms with Crippen molar-refractivity contribution >= 4 is 0 Å². The lowest BCUT2D eigenvalue weighted by Crippen LogP contribution is -1.95. The Labute approximate surface area is 85.0 Å². The third-order valence-electron chi connectivity index (χ3n) is 1.91. The lowest BCUT2D eigenvalue weighted by Gasteiger charge is -2.00. The second-order valence-electron chi connectivity index (χ2n) is 3.05. The van der Waals surface area contributed by atoms with Gasteiger partial charge in [-0.25, -0.2) is 4.79 Å². The molecule has 0 fully saturated rings. The third kappa shape index (κ3) is 1.99. The van der Waals surface area contributed by atoms with Gasteiger partial charge in [-0.05, 0) is 24.3 Å². The largest absolute Gasteiger partial charge is 0.508 e. The molecule has 0 aliphatic heterocycles. The summed E-state index contributed by atoms with van der Waals surface area (Å²) in [5, 5.41) is 18.3. The van der Waals surface area contributed by atoms with Gasteiger partial charge in [0.05, 0.1) is 6.07 Å². The van der Waals surface area contributed by atoms with Crippen LogP contribution in [0.3, 0.4) is 0 Å². The van der Waals surface area contributed by atoms with E-state index in [2.05, 4.69) is 0 Å². The number of rotatable bonds is 1. The minimum Gasteiger partial charge on any atom is -0.508 e. The zero-order valence-corrected chi connectivity index (χ0v) is 7.68. The summed E-state index contributed by atoms with van der Waals surface area (Å²) in [6.45, 7) is 0. The summed E-state index contributed by atoms with van der Waals surface area (Å²) in [7, 11) is 0. The summed E-state index contributed by atoms with van der Waals surface area (Å²) < 4.78 is 4.89. The number of hydrogen-bond donors (Lipinski definition) is 2. The topological polar surface area (TPSA) is 70.7 Å². The molecule has 0 spiro atoms. The fraction of sp³-hybridized carbons (Fsp3) is 0.